The number of halogens is 1. The molecule has 94 valence electrons. The molecule has 0 bridgehead atoms. The van der Waals surface area contributed by atoms with Crippen molar-refractivity contribution in [1.29, 1.82) is 0 Å². The summed E-state index contributed by atoms with van der Waals surface area (Å²) in [6, 6.07) is 15.7. The van der Waals surface area contributed by atoms with E-state index in [0.717, 1.165) is 26.8 Å². The first kappa shape index (κ1) is 12.0. The molecule has 4 heteroatoms. The number of hydrogen-bond acceptors (Lipinski definition) is 3. The highest BCUT2D eigenvalue weighted by Crippen LogP contribution is 2.29. The van der Waals surface area contributed by atoms with Gasteiger partial charge < -0.3 is 11.1 Å². The van der Waals surface area contributed by atoms with Crippen molar-refractivity contribution < 1.29 is 0 Å². The number of nitrogens with two attached hydrogens (primary N) is 1. The lowest BCUT2D eigenvalue weighted by molar-refractivity contribution is 1.40. The number of anilines is 3. The molecular formula is C15H12BrN3. The second-order valence-corrected chi connectivity index (χ2v) is 5.15. The molecule has 0 saturated heterocycles. The van der Waals surface area contributed by atoms with Crippen LogP contribution in [0.2, 0.25) is 0 Å². The van der Waals surface area contributed by atoms with E-state index in [1.165, 1.54) is 0 Å². The van der Waals surface area contributed by atoms with Crippen molar-refractivity contribution in [2.24, 2.45) is 0 Å². The average Bonchev–Trinajstić information content (AvgIpc) is 2.43. The molecule has 1 heterocycles. The van der Waals surface area contributed by atoms with E-state index >= 15 is 0 Å². The Labute approximate surface area is 119 Å². The van der Waals surface area contributed by atoms with Crippen LogP contribution in [-0.4, -0.2) is 4.98 Å². The molecule has 3 rings (SSSR count). The molecule has 0 aliphatic rings. The van der Waals surface area contributed by atoms with Gasteiger partial charge in [-0.1, -0.05) is 34.1 Å². The third kappa shape index (κ3) is 2.39. The fourth-order valence-corrected chi connectivity index (χ4v) is 2.35. The number of hydrogen-bond donors (Lipinski definition) is 2. The van der Waals surface area contributed by atoms with Crippen LogP contribution in [0.25, 0.3) is 10.9 Å². The van der Waals surface area contributed by atoms with Crippen LogP contribution in [0.5, 0.6) is 0 Å². The third-order valence-electron chi connectivity index (χ3n) is 2.92. The summed E-state index contributed by atoms with van der Waals surface area (Å²) in [4.78, 5) is 4.41. The first-order chi connectivity index (χ1) is 9.24. The summed E-state index contributed by atoms with van der Waals surface area (Å²) in [5.41, 5.74) is 9.43. The molecule has 0 aliphatic carbocycles. The molecule has 1 aromatic heterocycles. The second kappa shape index (κ2) is 4.90. The van der Waals surface area contributed by atoms with Crippen molar-refractivity contribution >= 4 is 43.9 Å². The van der Waals surface area contributed by atoms with Crippen LogP contribution in [-0.2, 0) is 0 Å². The SMILES string of the molecule is Nc1ccc(Br)cc1Nc1cccc2cccnc12. The Hall–Kier alpha value is -2.07. The van der Waals surface area contributed by atoms with E-state index in [-0.39, 0.29) is 0 Å². The van der Waals surface area contributed by atoms with Crippen LogP contribution in [0.1, 0.15) is 0 Å². The fourth-order valence-electron chi connectivity index (χ4n) is 1.99. The van der Waals surface area contributed by atoms with Gasteiger partial charge in [0.1, 0.15) is 0 Å². The minimum Gasteiger partial charge on any atom is -0.397 e. The van der Waals surface area contributed by atoms with E-state index in [4.69, 9.17) is 5.73 Å². The fraction of sp³-hybridized carbons (Fsp3) is 0. The molecule has 3 aromatic rings. The lowest BCUT2D eigenvalue weighted by Gasteiger charge is -2.11. The molecule has 0 fully saturated rings. The van der Waals surface area contributed by atoms with Crippen LogP contribution >= 0.6 is 15.9 Å². The quantitative estimate of drug-likeness (QED) is 0.693. The minimum absolute atomic E-state index is 0.705. The Kier molecular flexibility index (Phi) is 3.09. The molecule has 2 aromatic carbocycles. The van der Waals surface area contributed by atoms with Crippen molar-refractivity contribution in [2.45, 2.75) is 0 Å². The van der Waals surface area contributed by atoms with Crippen LogP contribution in [0.3, 0.4) is 0 Å². The topological polar surface area (TPSA) is 50.9 Å². The molecule has 0 spiro atoms. The number of fused-ring (bicyclic) bond motifs is 1. The lowest BCUT2D eigenvalue weighted by Crippen LogP contribution is -1.97. The summed E-state index contributed by atoms with van der Waals surface area (Å²) in [5, 5.41) is 4.44. The molecule has 0 saturated carbocycles. The van der Waals surface area contributed by atoms with E-state index in [2.05, 4.69) is 26.2 Å². The van der Waals surface area contributed by atoms with Gasteiger partial charge in [-0.3, -0.25) is 4.98 Å². The van der Waals surface area contributed by atoms with E-state index in [0.29, 0.717) is 5.69 Å². The number of nitrogens with zero attached hydrogens (tertiary/aromatic N) is 1. The molecule has 0 amide bonds. The number of benzene rings is 2. The van der Waals surface area contributed by atoms with Crippen molar-refractivity contribution in [3.05, 3.63) is 59.2 Å². The Morgan fingerprint density at radius 3 is 2.74 bits per heavy atom. The van der Waals surface area contributed by atoms with E-state index in [9.17, 15) is 0 Å². The lowest BCUT2D eigenvalue weighted by atomic mass is 10.2. The predicted molar refractivity (Wildman–Crippen MR) is 83.6 cm³/mol. The summed E-state index contributed by atoms with van der Waals surface area (Å²) >= 11 is 3.45. The van der Waals surface area contributed by atoms with Gasteiger partial charge in [0.15, 0.2) is 0 Å². The number of nitrogens with one attached hydrogen (secondary N) is 1. The standard InChI is InChI=1S/C15H12BrN3/c16-11-6-7-12(17)14(9-11)19-13-5-1-3-10-4-2-8-18-15(10)13/h1-9,19H,17H2. The summed E-state index contributed by atoms with van der Waals surface area (Å²) in [6.07, 6.45) is 1.79. The van der Waals surface area contributed by atoms with Crippen LogP contribution in [0.15, 0.2) is 59.2 Å². The molecule has 19 heavy (non-hydrogen) atoms. The zero-order valence-corrected chi connectivity index (χ0v) is 11.7. The zero-order chi connectivity index (χ0) is 13.2. The smallest absolute Gasteiger partial charge is 0.0936 e. The molecule has 0 radical (unpaired) electrons. The largest absolute Gasteiger partial charge is 0.397 e. The monoisotopic (exact) mass is 313 g/mol. The van der Waals surface area contributed by atoms with Gasteiger partial charge in [-0.2, -0.15) is 0 Å². The number of rotatable bonds is 2. The van der Waals surface area contributed by atoms with Crippen LogP contribution < -0.4 is 11.1 Å². The first-order valence-corrected chi connectivity index (χ1v) is 6.69. The highest BCUT2D eigenvalue weighted by atomic mass is 79.9. The molecule has 0 unspecified atom stereocenters. The Balaban J connectivity index is 2.08. The maximum atomic E-state index is 5.98. The maximum absolute atomic E-state index is 5.98. The highest BCUT2D eigenvalue weighted by Gasteiger charge is 2.04. The third-order valence-corrected chi connectivity index (χ3v) is 3.41. The van der Waals surface area contributed by atoms with Crippen LogP contribution in [0.4, 0.5) is 17.1 Å². The second-order valence-electron chi connectivity index (χ2n) is 4.24. The zero-order valence-electron chi connectivity index (χ0n) is 10.1. The van der Waals surface area contributed by atoms with Crippen molar-refractivity contribution in [2.75, 3.05) is 11.1 Å². The van der Waals surface area contributed by atoms with Gasteiger partial charge in [0.25, 0.3) is 0 Å². The van der Waals surface area contributed by atoms with Gasteiger partial charge in [0.05, 0.1) is 22.6 Å². The molecule has 3 N–H and O–H groups in total. The Morgan fingerprint density at radius 1 is 1.00 bits per heavy atom. The number of aromatic nitrogens is 1. The molecule has 3 nitrogen and oxygen atoms in total. The van der Waals surface area contributed by atoms with Crippen molar-refractivity contribution in [1.82, 2.24) is 4.98 Å². The number of pyridine rings is 1. The number of nitrogen functional groups attached to an aromatic ring is 1. The van der Waals surface area contributed by atoms with Gasteiger partial charge in [-0.15, -0.1) is 0 Å². The summed E-state index contributed by atoms with van der Waals surface area (Å²) in [6.45, 7) is 0. The van der Waals surface area contributed by atoms with Gasteiger partial charge in [0.2, 0.25) is 0 Å². The maximum Gasteiger partial charge on any atom is 0.0936 e. The molecule has 0 aliphatic heterocycles. The number of para-hydroxylation sites is 1. The van der Waals surface area contributed by atoms with E-state index in [1.54, 1.807) is 6.20 Å². The predicted octanol–water partition coefficient (Wildman–Crippen LogP) is 4.32. The normalized spacial score (nSPS) is 10.6. The van der Waals surface area contributed by atoms with E-state index in [1.807, 2.05) is 48.5 Å². The summed E-state index contributed by atoms with van der Waals surface area (Å²) in [5.74, 6) is 0. The van der Waals surface area contributed by atoms with E-state index < -0.39 is 0 Å². The van der Waals surface area contributed by atoms with Gasteiger partial charge in [-0.05, 0) is 30.3 Å². The van der Waals surface area contributed by atoms with Crippen LogP contribution in [0, 0.1) is 0 Å². The summed E-state index contributed by atoms with van der Waals surface area (Å²) in [7, 11) is 0. The van der Waals surface area contributed by atoms with Gasteiger partial charge in [-0.25, -0.2) is 0 Å². The van der Waals surface area contributed by atoms with Gasteiger partial charge >= 0.3 is 0 Å². The van der Waals surface area contributed by atoms with Crippen molar-refractivity contribution in [3.63, 3.8) is 0 Å². The Morgan fingerprint density at radius 2 is 1.84 bits per heavy atom. The van der Waals surface area contributed by atoms with Crippen molar-refractivity contribution in [3.8, 4) is 0 Å². The molecular weight excluding hydrogens is 302 g/mol. The highest BCUT2D eigenvalue weighted by molar-refractivity contribution is 9.10. The summed E-state index contributed by atoms with van der Waals surface area (Å²) < 4.78 is 0.984. The molecule has 0 atom stereocenters. The average molecular weight is 314 g/mol. The first-order valence-electron chi connectivity index (χ1n) is 5.90. The minimum atomic E-state index is 0.705. The Bertz CT molecular complexity index is 735. The van der Waals surface area contributed by atoms with Gasteiger partial charge in [0, 0.05) is 16.1 Å².